The van der Waals surface area contributed by atoms with Crippen LogP contribution in [0.1, 0.15) is 24.1 Å². The van der Waals surface area contributed by atoms with E-state index >= 15 is 0 Å². The molecule has 5 heterocycles. The second-order valence-corrected chi connectivity index (χ2v) is 11.8. The smallest absolute Gasteiger partial charge is 0.163 e. The van der Waals surface area contributed by atoms with Crippen LogP contribution < -0.4 is 11.5 Å². The zero-order valence-corrected chi connectivity index (χ0v) is 29.3. The van der Waals surface area contributed by atoms with Gasteiger partial charge in [0.25, 0.3) is 0 Å². The number of halogens is 1. The average molecular weight is 785 g/mol. The van der Waals surface area contributed by atoms with Gasteiger partial charge in [-0.3, -0.25) is 15.0 Å². The Morgan fingerprint density at radius 3 is 2.08 bits per heavy atom. The maximum atomic E-state index is 6.97. The summed E-state index contributed by atoms with van der Waals surface area (Å²) in [6.45, 7) is 1.98. The maximum absolute atomic E-state index is 6.97. The van der Waals surface area contributed by atoms with Crippen molar-refractivity contribution in [2.45, 2.75) is 13.0 Å². The Balaban J connectivity index is 1.71. The van der Waals surface area contributed by atoms with Crippen LogP contribution in [0.3, 0.4) is 0 Å². The number of allylic oxidation sites excluding steroid dienone is 2. The van der Waals surface area contributed by atoms with Crippen LogP contribution in [-0.2, 0) is 0 Å². The van der Waals surface area contributed by atoms with Crippen molar-refractivity contribution in [3.63, 3.8) is 0 Å². The number of hydrogen-bond donors (Lipinski definition) is 2. The molecule has 1 atom stereocenters. The number of rotatable bonds is 10. The molecule has 1 unspecified atom stereocenters. The van der Waals surface area contributed by atoms with Crippen LogP contribution >= 0.6 is 22.6 Å². The lowest BCUT2D eigenvalue weighted by Gasteiger charge is -2.17. The SMILES string of the molecule is CC(/N=C\C=C/N)c1cc2c(oc3c(-c4ncccn4)c(-c4ncccn4)c(-c4ncccn4)cc32)c(/C(N)=N/C=C\CI)c1-c1cnccn1. The molecule has 7 rings (SSSR count). The number of benzene rings is 2. The standard InChI is InChI=1S/C37H29IN12O/c1-22(42-10-3-8-39)23-19-24-25-20-26(35-45-11-4-12-46-35)29(36-47-13-5-14-48-36)31(37-49-15-6-16-50-37)33(25)51-32(24)30(34(40)44-9-2-7-38)28(23)27-21-41-17-18-43-27/h2-6,8-22H,7,39H2,1H3,(H2,40,44)/b8-3-,9-2-,42-10-. The molecule has 0 aliphatic rings. The molecule has 0 saturated carbocycles. The lowest BCUT2D eigenvalue weighted by molar-refractivity contribution is 0.668. The summed E-state index contributed by atoms with van der Waals surface area (Å²) in [4.78, 5) is 46.4. The fourth-order valence-electron chi connectivity index (χ4n) is 5.81. The van der Waals surface area contributed by atoms with Gasteiger partial charge in [-0.25, -0.2) is 34.9 Å². The minimum Gasteiger partial charge on any atom is -0.454 e. The number of nitrogens with two attached hydrogens (primary N) is 2. The minimum atomic E-state index is -0.380. The van der Waals surface area contributed by atoms with Crippen molar-refractivity contribution < 1.29 is 4.42 Å². The minimum absolute atomic E-state index is 0.219. The molecule has 0 fully saturated rings. The molecule has 13 nitrogen and oxygen atoms in total. The van der Waals surface area contributed by atoms with Crippen LogP contribution in [0.5, 0.6) is 0 Å². The molecule has 0 saturated heterocycles. The van der Waals surface area contributed by atoms with Crippen molar-refractivity contribution >= 4 is 56.6 Å². The van der Waals surface area contributed by atoms with E-state index in [1.807, 2.05) is 25.1 Å². The number of alkyl halides is 1. The summed E-state index contributed by atoms with van der Waals surface area (Å²) < 4.78 is 7.72. The largest absolute Gasteiger partial charge is 0.454 e. The van der Waals surface area contributed by atoms with Gasteiger partial charge < -0.3 is 15.9 Å². The lowest BCUT2D eigenvalue weighted by atomic mass is 9.89. The predicted octanol–water partition coefficient (Wildman–Crippen LogP) is 6.67. The molecule has 0 amide bonds. The van der Waals surface area contributed by atoms with Gasteiger partial charge in [0.2, 0.25) is 0 Å². The highest BCUT2D eigenvalue weighted by atomic mass is 127. The van der Waals surface area contributed by atoms with Gasteiger partial charge in [-0.1, -0.05) is 28.7 Å². The molecular weight excluding hydrogens is 755 g/mol. The molecule has 0 aliphatic carbocycles. The Hall–Kier alpha value is -6.29. The molecule has 4 N–H and O–H groups in total. The molecular formula is C37H29IN12O. The first-order chi connectivity index (χ1) is 25.1. The van der Waals surface area contributed by atoms with Crippen molar-refractivity contribution in [3.05, 3.63) is 122 Å². The first kappa shape index (κ1) is 33.2. The van der Waals surface area contributed by atoms with Crippen molar-refractivity contribution in [1.29, 1.82) is 0 Å². The maximum Gasteiger partial charge on any atom is 0.163 e. The predicted molar refractivity (Wildman–Crippen MR) is 207 cm³/mol. The number of aromatic nitrogens is 8. The monoisotopic (exact) mass is 784 g/mol. The quantitative estimate of drug-likeness (QED) is 0.0651. The number of fused-ring (bicyclic) bond motifs is 3. The van der Waals surface area contributed by atoms with E-state index in [9.17, 15) is 0 Å². The Kier molecular flexibility index (Phi) is 9.82. The Morgan fingerprint density at radius 1 is 0.804 bits per heavy atom. The molecule has 5 aromatic heterocycles. The molecule has 7 aromatic rings. The molecule has 0 spiro atoms. The first-order valence-electron chi connectivity index (χ1n) is 15.7. The summed E-state index contributed by atoms with van der Waals surface area (Å²) in [5.74, 6) is 1.50. The summed E-state index contributed by atoms with van der Waals surface area (Å²) in [6.07, 6.45) is 23.3. The number of aliphatic imine (C=N–C) groups is 2. The van der Waals surface area contributed by atoms with Crippen LogP contribution in [0, 0.1) is 0 Å². The van der Waals surface area contributed by atoms with Crippen molar-refractivity contribution in [2.24, 2.45) is 21.5 Å². The van der Waals surface area contributed by atoms with E-state index in [-0.39, 0.29) is 11.9 Å². The van der Waals surface area contributed by atoms with Crippen LogP contribution in [0.15, 0.2) is 125 Å². The highest BCUT2D eigenvalue weighted by Crippen LogP contribution is 2.47. The molecule has 0 aliphatic heterocycles. The summed E-state index contributed by atoms with van der Waals surface area (Å²) in [5.41, 5.74) is 17.9. The molecule has 0 bridgehead atoms. The van der Waals surface area contributed by atoms with E-state index in [1.54, 1.807) is 92.5 Å². The molecule has 51 heavy (non-hydrogen) atoms. The summed E-state index contributed by atoms with van der Waals surface area (Å²) >= 11 is 2.25. The number of amidine groups is 1. The van der Waals surface area contributed by atoms with Gasteiger partial charge in [0.1, 0.15) is 17.0 Å². The fourth-order valence-corrected chi connectivity index (χ4v) is 6.03. The number of furan rings is 1. The third-order valence-electron chi connectivity index (χ3n) is 7.91. The third kappa shape index (κ3) is 6.55. The Bertz CT molecular complexity index is 2430. The van der Waals surface area contributed by atoms with Gasteiger partial charge in [0.15, 0.2) is 17.5 Å². The molecule has 250 valence electrons. The van der Waals surface area contributed by atoms with Gasteiger partial charge in [-0.15, -0.1) is 0 Å². The van der Waals surface area contributed by atoms with Crippen LogP contribution in [-0.4, -0.2) is 56.3 Å². The van der Waals surface area contributed by atoms with Crippen LogP contribution in [0.2, 0.25) is 0 Å². The third-order valence-corrected chi connectivity index (χ3v) is 8.42. The van der Waals surface area contributed by atoms with E-state index in [1.165, 1.54) is 6.20 Å². The zero-order chi connectivity index (χ0) is 35.2. The molecule has 14 heteroatoms. The van der Waals surface area contributed by atoms with Gasteiger partial charge in [0.05, 0.1) is 29.1 Å². The topological polar surface area (TPSA) is 193 Å². The van der Waals surface area contributed by atoms with E-state index in [2.05, 4.69) is 67.5 Å². The van der Waals surface area contributed by atoms with Crippen molar-refractivity contribution in [3.8, 4) is 45.4 Å². The zero-order valence-electron chi connectivity index (χ0n) is 27.2. The number of hydrogen-bond acceptors (Lipinski definition) is 12. The van der Waals surface area contributed by atoms with Gasteiger partial charge >= 0.3 is 0 Å². The van der Waals surface area contributed by atoms with E-state index in [4.69, 9.17) is 20.9 Å². The highest BCUT2D eigenvalue weighted by molar-refractivity contribution is 14.1. The summed E-state index contributed by atoms with van der Waals surface area (Å²) in [6, 6.07) is 8.92. The van der Waals surface area contributed by atoms with E-state index in [0.717, 1.165) is 20.8 Å². The van der Waals surface area contributed by atoms with Gasteiger partial charge in [-0.2, -0.15) is 0 Å². The van der Waals surface area contributed by atoms with E-state index in [0.29, 0.717) is 62.2 Å². The normalized spacial score (nSPS) is 12.9. The second kappa shape index (κ2) is 15.1. The van der Waals surface area contributed by atoms with Gasteiger partial charge in [-0.05, 0) is 55.1 Å². The van der Waals surface area contributed by atoms with Crippen LogP contribution in [0.4, 0.5) is 0 Å². The van der Waals surface area contributed by atoms with Crippen molar-refractivity contribution in [1.82, 2.24) is 39.9 Å². The summed E-state index contributed by atoms with van der Waals surface area (Å²) in [7, 11) is 0. The van der Waals surface area contributed by atoms with Gasteiger partial charge in [0, 0.05) is 93.9 Å². The highest BCUT2D eigenvalue weighted by Gasteiger charge is 2.30. The Morgan fingerprint density at radius 2 is 1.45 bits per heavy atom. The average Bonchev–Trinajstić information content (AvgIpc) is 3.55. The van der Waals surface area contributed by atoms with E-state index < -0.39 is 0 Å². The lowest BCUT2D eigenvalue weighted by Crippen LogP contribution is -2.16. The molecule has 0 radical (unpaired) electrons. The number of nitrogens with zero attached hydrogens (tertiary/aromatic N) is 10. The fraction of sp³-hybridized carbons (Fsp3) is 0.0811. The van der Waals surface area contributed by atoms with Crippen LogP contribution in [0.25, 0.3) is 67.4 Å². The Labute approximate surface area is 305 Å². The van der Waals surface area contributed by atoms with Crippen molar-refractivity contribution in [2.75, 3.05) is 4.43 Å². The summed E-state index contributed by atoms with van der Waals surface area (Å²) in [5, 5.41) is 1.47. The first-order valence-corrected chi connectivity index (χ1v) is 17.3. The molecule has 2 aromatic carbocycles. The second-order valence-electron chi connectivity index (χ2n) is 11.0.